The first-order chi connectivity index (χ1) is 3.50. The van der Waals surface area contributed by atoms with Gasteiger partial charge in [-0.1, -0.05) is 0 Å². The summed E-state index contributed by atoms with van der Waals surface area (Å²) in [4.78, 5) is 4.03. The van der Waals surface area contributed by atoms with Crippen LogP contribution in [-0.2, 0) is 0 Å². The van der Waals surface area contributed by atoms with E-state index in [4.69, 9.17) is 0 Å². The lowest BCUT2D eigenvalue weighted by atomic mass is 10.3. The zero-order valence-electron chi connectivity index (χ0n) is 4.35. The molecule has 0 aliphatic carbocycles. The molecule has 7 heavy (non-hydrogen) atoms. The fraction of sp³-hybridized carbons (Fsp3) is 0.800. The quantitative estimate of drug-likeness (QED) is 0.474. The van der Waals surface area contributed by atoms with Crippen LogP contribution in [0.1, 0.15) is 14.3 Å². The molecule has 0 radical (unpaired) electrons. The Morgan fingerprint density at radius 3 is 3.71 bits per heavy atom. The van der Waals surface area contributed by atoms with E-state index in [-0.39, 0.29) is 1.43 Å². The minimum Gasteiger partial charge on any atom is -0.298 e. The summed E-state index contributed by atoms with van der Waals surface area (Å²) in [7, 11) is 0. The Labute approximate surface area is 45.1 Å². The molecule has 42 valence electrons. The van der Waals surface area contributed by atoms with Crippen LogP contribution in [0, 0.1) is 0 Å². The first-order valence-corrected chi connectivity index (χ1v) is 2.69. The second-order valence-corrected chi connectivity index (χ2v) is 1.67. The van der Waals surface area contributed by atoms with Crippen molar-refractivity contribution in [1.82, 2.24) is 5.32 Å². The summed E-state index contributed by atoms with van der Waals surface area (Å²) in [5, 5.41) is 3.15. The van der Waals surface area contributed by atoms with Gasteiger partial charge in [0.05, 0.1) is 6.67 Å². The Bertz CT molecular complexity index is 64.8. The highest BCUT2D eigenvalue weighted by Gasteiger charge is 1.87. The first-order valence-electron chi connectivity index (χ1n) is 2.69. The lowest BCUT2D eigenvalue weighted by molar-refractivity contribution is 0.699. The smallest absolute Gasteiger partial charge is 0.0880 e. The van der Waals surface area contributed by atoms with E-state index in [2.05, 4.69) is 10.3 Å². The van der Waals surface area contributed by atoms with Gasteiger partial charge in [-0.2, -0.15) is 0 Å². The molecule has 0 unspecified atom stereocenters. The molecule has 1 N–H and O–H groups in total. The van der Waals surface area contributed by atoms with Crippen molar-refractivity contribution >= 4 is 6.21 Å². The largest absolute Gasteiger partial charge is 0.298 e. The normalized spacial score (nSPS) is 21.7. The van der Waals surface area contributed by atoms with E-state index >= 15 is 0 Å². The van der Waals surface area contributed by atoms with Crippen LogP contribution >= 0.6 is 0 Å². The Kier molecular flexibility index (Phi) is 1.88. The number of nitrogens with zero attached hydrogens (tertiary/aromatic N) is 1. The molecule has 0 bridgehead atoms. The van der Waals surface area contributed by atoms with E-state index in [1.807, 2.05) is 6.21 Å². The van der Waals surface area contributed by atoms with Gasteiger partial charge in [0.15, 0.2) is 0 Å². The molecule has 0 atom stereocenters. The molecule has 1 heterocycles. The highest BCUT2D eigenvalue weighted by atomic mass is 15.0. The molecule has 0 fully saturated rings. The molecule has 0 saturated carbocycles. The lowest BCUT2D eigenvalue weighted by Gasteiger charge is -1.90. The van der Waals surface area contributed by atoms with Gasteiger partial charge in [-0.25, -0.2) is 0 Å². The van der Waals surface area contributed by atoms with E-state index < -0.39 is 0 Å². The summed E-state index contributed by atoms with van der Waals surface area (Å²) in [6.45, 7) is 1.94. The van der Waals surface area contributed by atoms with Gasteiger partial charge >= 0.3 is 0 Å². The minimum absolute atomic E-state index is 0. The molecule has 0 spiro atoms. The topological polar surface area (TPSA) is 24.4 Å². The third kappa shape index (κ3) is 1.69. The first kappa shape index (κ1) is 4.78. The monoisotopic (exact) mass is 100 g/mol. The summed E-state index contributed by atoms with van der Waals surface area (Å²) < 4.78 is 0. The van der Waals surface area contributed by atoms with Gasteiger partial charge in [0.25, 0.3) is 0 Å². The number of hydrogen-bond donors (Lipinski definition) is 1. The van der Waals surface area contributed by atoms with E-state index in [1.54, 1.807) is 0 Å². The highest BCUT2D eigenvalue weighted by molar-refractivity contribution is 5.57. The summed E-state index contributed by atoms with van der Waals surface area (Å²) >= 11 is 0. The molecular formula is C5H12N2. The Morgan fingerprint density at radius 2 is 2.71 bits per heavy atom. The summed E-state index contributed by atoms with van der Waals surface area (Å²) in [6.07, 6.45) is 4.37. The van der Waals surface area contributed by atoms with Crippen LogP contribution in [0.25, 0.3) is 0 Å². The van der Waals surface area contributed by atoms with Crippen LogP contribution in [0.5, 0.6) is 0 Å². The van der Waals surface area contributed by atoms with E-state index in [1.165, 1.54) is 6.42 Å². The molecule has 1 aliphatic rings. The average molecular weight is 100 g/mol. The molecule has 0 aromatic heterocycles. The number of nitrogens with one attached hydrogen (secondary N) is 1. The fourth-order valence-corrected chi connectivity index (χ4v) is 0.618. The van der Waals surface area contributed by atoms with Crippen LogP contribution < -0.4 is 5.32 Å². The maximum absolute atomic E-state index is 4.03. The Balaban J connectivity index is 0.000000490. The SMILES string of the molecule is C1=NCNCCC1.[HH]. The van der Waals surface area contributed by atoms with Crippen molar-refractivity contribution < 1.29 is 1.43 Å². The second-order valence-electron chi connectivity index (χ2n) is 1.67. The molecular weight excluding hydrogens is 88.1 g/mol. The Hall–Kier alpha value is -0.370. The van der Waals surface area contributed by atoms with E-state index in [0.29, 0.717) is 0 Å². The fourth-order valence-electron chi connectivity index (χ4n) is 0.618. The van der Waals surface area contributed by atoms with Gasteiger partial charge in [-0.3, -0.25) is 10.3 Å². The van der Waals surface area contributed by atoms with Gasteiger partial charge in [0.2, 0.25) is 0 Å². The Morgan fingerprint density at radius 1 is 1.71 bits per heavy atom. The molecule has 0 aromatic rings. The minimum atomic E-state index is 0. The van der Waals surface area contributed by atoms with Crippen molar-refractivity contribution in [2.24, 2.45) is 4.99 Å². The van der Waals surface area contributed by atoms with Crippen molar-refractivity contribution in [3.63, 3.8) is 0 Å². The summed E-state index contributed by atoms with van der Waals surface area (Å²) in [5.41, 5.74) is 0. The van der Waals surface area contributed by atoms with Crippen molar-refractivity contribution in [2.45, 2.75) is 12.8 Å². The lowest BCUT2D eigenvalue weighted by Crippen LogP contribution is -2.12. The summed E-state index contributed by atoms with van der Waals surface area (Å²) in [6, 6.07) is 0. The zero-order valence-corrected chi connectivity index (χ0v) is 4.35. The van der Waals surface area contributed by atoms with Crippen molar-refractivity contribution in [2.75, 3.05) is 13.2 Å². The maximum atomic E-state index is 4.03. The van der Waals surface area contributed by atoms with Crippen LogP contribution in [0.15, 0.2) is 4.99 Å². The maximum Gasteiger partial charge on any atom is 0.0880 e. The van der Waals surface area contributed by atoms with E-state index in [9.17, 15) is 0 Å². The van der Waals surface area contributed by atoms with Crippen LogP contribution in [0.2, 0.25) is 0 Å². The summed E-state index contributed by atoms with van der Waals surface area (Å²) in [5.74, 6) is 0. The van der Waals surface area contributed by atoms with Gasteiger partial charge in [0, 0.05) is 7.64 Å². The van der Waals surface area contributed by atoms with Crippen molar-refractivity contribution in [1.29, 1.82) is 0 Å². The number of rotatable bonds is 0. The standard InChI is InChI=1S/C5H10N2.H2/c1-2-4-7-5-6-3-1;/h3,7H,1-2,4-5H2;1H. The third-order valence-corrected chi connectivity index (χ3v) is 1.02. The second kappa shape index (κ2) is 2.75. The number of hydrogen-bond acceptors (Lipinski definition) is 2. The zero-order chi connectivity index (χ0) is 4.95. The number of aliphatic imine (C=N–C) groups is 1. The molecule has 2 nitrogen and oxygen atoms in total. The molecule has 0 amide bonds. The van der Waals surface area contributed by atoms with Crippen molar-refractivity contribution in [3.8, 4) is 0 Å². The van der Waals surface area contributed by atoms with E-state index in [0.717, 1.165) is 19.6 Å². The average Bonchev–Trinajstić information content (AvgIpc) is 1.90. The van der Waals surface area contributed by atoms with Gasteiger partial charge in [-0.05, 0) is 19.4 Å². The van der Waals surface area contributed by atoms with Crippen molar-refractivity contribution in [3.05, 3.63) is 0 Å². The van der Waals surface area contributed by atoms with Crippen LogP contribution in [-0.4, -0.2) is 19.4 Å². The highest BCUT2D eigenvalue weighted by Crippen LogP contribution is 1.85. The third-order valence-electron chi connectivity index (χ3n) is 1.02. The molecule has 0 saturated heterocycles. The molecule has 0 aromatic carbocycles. The molecule has 1 rings (SSSR count). The predicted octanol–water partition coefficient (Wildman–Crippen LogP) is 0.644. The van der Waals surface area contributed by atoms with Gasteiger partial charge in [0.1, 0.15) is 0 Å². The molecule has 1 aliphatic heterocycles. The van der Waals surface area contributed by atoms with Gasteiger partial charge < -0.3 is 0 Å². The predicted molar refractivity (Wildman–Crippen MR) is 32.7 cm³/mol. The van der Waals surface area contributed by atoms with Crippen LogP contribution in [0.4, 0.5) is 0 Å². The molecule has 2 heteroatoms. The van der Waals surface area contributed by atoms with Crippen LogP contribution in [0.3, 0.4) is 0 Å². The van der Waals surface area contributed by atoms with Gasteiger partial charge in [-0.15, -0.1) is 0 Å².